The van der Waals surface area contributed by atoms with Crippen LogP contribution in [0.15, 0.2) is 71.6 Å². The van der Waals surface area contributed by atoms with E-state index in [4.69, 9.17) is 4.74 Å². The van der Waals surface area contributed by atoms with Gasteiger partial charge in [-0.15, -0.1) is 0 Å². The maximum absolute atomic E-state index is 13.5. The zero-order chi connectivity index (χ0) is 24.2. The molecule has 8 heteroatoms. The first-order valence-electron chi connectivity index (χ1n) is 10.4. The van der Waals surface area contributed by atoms with Crippen LogP contribution in [0.1, 0.15) is 29.7 Å². The summed E-state index contributed by atoms with van der Waals surface area (Å²) in [4.78, 5) is 12.9. The fraction of sp³-hybridized carbons (Fsp3) is 0.240. The molecule has 174 valence electrons. The van der Waals surface area contributed by atoms with Crippen molar-refractivity contribution in [3.63, 3.8) is 0 Å². The normalized spacial score (nSPS) is 12.2. The van der Waals surface area contributed by atoms with Crippen LogP contribution in [0.3, 0.4) is 0 Å². The minimum Gasteiger partial charge on any atom is -0.497 e. The third-order valence-electron chi connectivity index (χ3n) is 5.33. The Morgan fingerprint density at radius 3 is 2.27 bits per heavy atom. The van der Waals surface area contributed by atoms with Crippen LogP contribution in [-0.2, 0) is 14.8 Å². The smallest absolute Gasteiger partial charge is 0.264 e. The molecule has 3 aromatic carbocycles. The Bertz CT molecular complexity index is 1230. The number of nitrogens with one attached hydrogen (secondary N) is 1. The average molecular weight is 471 g/mol. The van der Waals surface area contributed by atoms with E-state index in [9.17, 15) is 17.6 Å². The summed E-state index contributed by atoms with van der Waals surface area (Å²) in [5.41, 5.74) is 3.22. The molecule has 3 rings (SSSR count). The van der Waals surface area contributed by atoms with Crippen molar-refractivity contribution in [3.05, 3.63) is 89.2 Å². The molecule has 1 N–H and O–H groups in total. The number of halogens is 1. The van der Waals surface area contributed by atoms with Gasteiger partial charge in [0.2, 0.25) is 5.91 Å². The van der Waals surface area contributed by atoms with Gasteiger partial charge in [-0.05, 0) is 80.4 Å². The van der Waals surface area contributed by atoms with Gasteiger partial charge in [-0.3, -0.25) is 9.10 Å². The lowest BCUT2D eigenvalue weighted by Crippen LogP contribution is -2.41. The predicted molar refractivity (Wildman–Crippen MR) is 126 cm³/mol. The number of hydrogen-bond donors (Lipinski definition) is 1. The fourth-order valence-electron chi connectivity index (χ4n) is 3.52. The molecular weight excluding hydrogens is 443 g/mol. The Labute approximate surface area is 194 Å². The van der Waals surface area contributed by atoms with E-state index < -0.39 is 28.3 Å². The van der Waals surface area contributed by atoms with Gasteiger partial charge in [-0.2, -0.15) is 0 Å². The van der Waals surface area contributed by atoms with E-state index in [1.54, 1.807) is 0 Å². The summed E-state index contributed by atoms with van der Waals surface area (Å²) in [6, 6.07) is 16.5. The minimum absolute atomic E-state index is 0.0111. The molecule has 3 aromatic rings. The molecule has 0 aromatic heterocycles. The van der Waals surface area contributed by atoms with Crippen LogP contribution in [0.4, 0.5) is 10.1 Å². The number of amides is 1. The number of aryl methyl sites for hydroxylation is 2. The van der Waals surface area contributed by atoms with Gasteiger partial charge < -0.3 is 10.1 Å². The first kappa shape index (κ1) is 24.3. The summed E-state index contributed by atoms with van der Waals surface area (Å²) in [5, 5.41) is 2.88. The van der Waals surface area contributed by atoms with Gasteiger partial charge in [0.05, 0.1) is 23.7 Å². The highest BCUT2D eigenvalue weighted by Crippen LogP contribution is 2.26. The van der Waals surface area contributed by atoms with Gasteiger partial charge in [0.1, 0.15) is 18.1 Å². The van der Waals surface area contributed by atoms with Crippen LogP contribution in [0.2, 0.25) is 0 Å². The lowest BCUT2D eigenvalue weighted by molar-refractivity contribution is -0.120. The maximum atomic E-state index is 13.5. The summed E-state index contributed by atoms with van der Waals surface area (Å²) in [7, 11) is -2.63. The number of anilines is 1. The van der Waals surface area contributed by atoms with Crippen LogP contribution >= 0.6 is 0 Å². The van der Waals surface area contributed by atoms with Gasteiger partial charge in [0.25, 0.3) is 10.0 Å². The number of carbonyl (C=O) groups excluding carboxylic acids is 1. The highest BCUT2D eigenvalue weighted by molar-refractivity contribution is 7.92. The second-order valence-electron chi connectivity index (χ2n) is 7.81. The molecule has 0 bridgehead atoms. The standard InChI is InChI=1S/C25H27FN2O4S/c1-17-5-6-18(2)24(15-17)19(3)27-25(29)16-28(21-9-7-20(26)8-10-21)33(30,31)23-13-11-22(32-4)12-14-23/h5-15,19H,16H2,1-4H3,(H,27,29). The Kier molecular flexibility index (Phi) is 7.38. The maximum Gasteiger partial charge on any atom is 0.264 e. The van der Waals surface area contributed by atoms with Crippen LogP contribution in [-0.4, -0.2) is 28.0 Å². The second-order valence-corrected chi connectivity index (χ2v) is 9.68. The molecule has 1 amide bonds. The number of rotatable bonds is 8. The lowest BCUT2D eigenvalue weighted by Gasteiger charge is -2.25. The first-order chi connectivity index (χ1) is 15.6. The number of carbonyl (C=O) groups is 1. The topological polar surface area (TPSA) is 75.7 Å². The minimum atomic E-state index is -4.11. The van der Waals surface area contributed by atoms with E-state index >= 15 is 0 Å². The summed E-state index contributed by atoms with van der Waals surface area (Å²) < 4.78 is 46.4. The molecule has 0 aliphatic carbocycles. The molecule has 6 nitrogen and oxygen atoms in total. The Hall–Kier alpha value is -3.39. The Morgan fingerprint density at radius 1 is 1.03 bits per heavy atom. The highest BCUT2D eigenvalue weighted by atomic mass is 32.2. The predicted octanol–water partition coefficient (Wildman–Crippen LogP) is 4.52. The van der Waals surface area contributed by atoms with Gasteiger partial charge in [0.15, 0.2) is 0 Å². The molecule has 0 heterocycles. The number of benzene rings is 3. The average Bonchev–Trinajstić information content (AvgIpc) is 2.79. The van der Waals surface area contributed by atoms with Gasteiger partial charge in [-0.1, -0.05) is 23.8 Å². The number of nitrogens with zero attached hydrogens (tertiary/aromatic N) is 1. The van der Waals surface area contributed by atoms with E-state index in [-0.39, 0.29) is 16.6 Å². The molecule has 0 spiro atoms. The van der Waals surface area contributed by atoms with E-state index in [1.165, 1.54) is 43.5 Å². The first-order valence-corrected chi connectivity index (χ1v) is 11.8. The Morgan fingerprint density at radius 2 is 1.67 bits per heavy atom. The molecule has 0 radical (unpaired) electrons. The number of ether oxygens (including phenoxy) is 1. The molecule has 0 saturated heterocycles. The summed E-state index contributed by atoms with van der Waals surface area (Å²) in [5.74, 6) is -0.485. The molecule has 1 unspecified atom stereocenters. The summed E-state index contributed by atoms with van der Waals surface area (Å²) >= 11 is 0. The van der Waals surface area contributed by atoms with Crippen molar-refractivity contribution in [2.45, 2.75) is 31.7 Å². The zero-order valence-corrected chi connectivity index (χ0v) is 19.8. The van der Waals surface area contributed by atoms with E-state index in [2.05, 4.69) is 5.32 Å². The highest BCUT2D eigenvalue weighted by Gasteiger charge is 2.28. The summed E-state index contributed by atoms with van der Waals surface area (Å²) in [6.45, 7) is 5.31. The fourth-order valence-corrected chi connectivity index (χ4v) is 4.94. The van der Waals surface area contributed by atoms with Crippen molar-refractivity contribution >= 4 is 21.6 Å². The van der Waals surface area contributed by atoms with Crippen LogP contribution in [0, 0.1) is 19.7 Å². The third kappa shape index (κ3) is 5.70. The van der Waals surface area contributed by atoms with Crippen molar-refractivity contribution in [3.8, 4) is 5.75 Å². The molecule has 33 heavy (non-hydrogen) atoms. The van der Waals surface area contributed by atoms with Crippen LogP contribution in [0.5, 0.6) is 5.75 Å². The molecular formula is C25H27FN2O4S. The largest absolute Gasteiger partial charge is 0.497 e. The molecule has 0 aliphatic rings. The molecule has 0 aliphatic heterocycles. The quantitative estimate of drug-likeness (QED) is 0.525. The van der Waals surface area contributed by atoms with Crippen molar-refractivity contribution in [2.75, 3.05) is 18.0 Å². The van der Waals surface area contributed by atoms with Gasteiger partial charge >= 0.3 is 0 Å². The SMILES string of the molecule is COc1ccc(S(=O)(=O)N(CC(=O)NC(C)c2cc(C)ccc2C)c2ccc(F)cc2)cc1. The van der Waals surface area contributed by atoms with Crippen molar-refractivity contribution in [1.82, 2.24) is 5.32 Å². The van der Waals surface area contributed by atoms with Gasteiger partial charge in [0, 0.05) is 0 Å². The van der Waals surface area contributed by atoms with Crippen LogP contribution in [0.25, 0.3) is 0 Å². The molecule has 0 fully saturated rings. The number of sulfonamides is 1. The summed E-state index contributed by atoms with van der Waals surface area (Å²) in [6.07, 6.45) is 0. The molecule has 0 saturated carbocycles. The monoisotopic (exact) mass is 470 g/mol. The van der Waals surface area contributed by atoms with Crippen LogP contribution < -0.4 is 14.4 Å². The molecule has 1 atom stereocenters. The second kappa shape index (κ2) is 10.0. The number of hydrogen-bond acceptors (Lipinski definition) is 4. The van der Waals surface area contributed by atoms with Gasteiger partial charge in [-0.25, -0.2) is 12.8 Å². The van der Waals surface area contributed by atoms with E-state index in [0.717, 1.165) is 33.1 Å². The van der Waals surface area contributed by atoms with Crippen molar-refractivity contribution in [2.24, 2.45) is 0 Å². The zero-order valence-electron chi connectivity index (χ0n) is 19.0. The van der Waals surface area contributed by atoms with Crippen molar-refractivity contribution < 1.29 is 22.3 Å². The van der Waals surface area contributed by atoms with Crippen molar-refractivity contribution in [1.29, 1.82) is 0 Å². The van der Waals surface area contributed by atoms with E-state index in [0.29, 0.717) is 5.75 Å². The third-order valence-corrected chi connectivity index (χ3v) is 7.12. The van der Waals surface area contributed by atoms with E-state index in [1.807, 2.05) is 39.0 Å². The lowest BCUT2D eigenvalue weighted by atomic mass is 10.00. The number of methoxy groups -OCH3 is 1. The Balaban J connectivity index is 1.90.